The lowest BCUT2D eigenvalue weighted by molar-refractivity contribution is -0.384. The Labute approximate surface area is 184 Å². The van der Waals surface area contributed by atoms with Crippen LogP contribution in [0.15, 0.2) is 54.1 Å². The number of nitro benzene ring substituents is 1. The third-order valence-corrected chi connectivity index (χ3v) is 5.41. The van der Waals surface area contributed by atoms with Gasteiger partial charge < -0.3 is 5.32 Å². The SMILES string of the molecule is C=CCC(=NCCNC(=O)c1cccc([N+](=O)[O-])c1)NS(=O)(=O)C(C)/C=C\CC.CC. The van der Waals surface area contributed by atoms with Crippen molar-refractivity contribution in [1.82, 2.24) is 10.0 Å². The van der Waals surface area contributed by atoms with E-state index < -0.39 is 26.1 Å². The molecule has 9 nitrogen and oxygen atoms in total. The molecule has 31 heavy (non-hydrogen) atoms. The van der Waals surface area contributed by atoms with Crippen molar-refractivity contribution in [2.45, 2.75) is 45.8 Å². The molecule has 1 aromatic rings. The maximum atomic E-state index is 12.3. The van der Waals surface area contributed by atoms with Crippen LogP contribution in [0.25, 0.3) is 0 Å². The molecule has 0 spiro atoms. The Morgan fingerprint density at radius 1 is 1.35 bits per heavy atom. The Morgan fingerprint density at radius 2 is 2.03 bits per heavy atom. The van der Waals surface area contributed by atoms with E-state index in [9.17, 15) is 23.3 Å². The lowest BCUT2D eigenvalue weighted by Crippen LogP contribution is -2.36. The molecule has 0 heterocycles. The second-order valence-electron chi connectivity index (χ2n) is 6.07. The summed E-state index contributed by atoms with van der Waals surface area (Å²) in [4.78, 5) is 26.5. The van der Waals surface area contributed by atoms with Crippen LogP contribution in [0.4, 0.5) is 5.69 Å². The number of hydrogen-bond acceptors (Lipinski definition) is 6. The van der Waals surface area contributed by atoms with E-state index in [1.807, 2.05) is 20.8 Å². The summed E-state index contributed by atoms with van der Waals surface area (Å²) in [5.74, 6) is -0.255. The molecule has 0 aliphatic heterocycles. The molecule has 0 bridgehead atoms. The molecular formula is C21H32N4O5S. The number of nitrogens with zero attached hydrogens (tertiary/aromatic N) is 2. The first kappa shape index (κ1) is 28.0. The quantitative estimate of drug-likeness (QED) is 0.132. The number of hydrogen-bond donors (Lipinski definition) is 2. The third-order valence-electron chi connectivity index (χ3n) is 3.75. The average Bonchev–Trinajstić information content (AvgIpc) is 2.76. The second-order valence-corrected chi connectivity index (χ2v) is 8.11. The van der Waals surface area contributed by atoms with E-state index in [0.717, 1.165) is 6.42 Å². The zero-order valence-electron chi connectivity index (χ0n) is 18.5. The Balaban J connectivity index is 0.00000436. The molecule has 0 saturated carbocycles. The summed E-state index contributed by atoms with van der Waals surface area (Å²) in [5.41, 5.74) is -0.0173. The van der Waals surface area contributed by atoms with E-state index in [4.69, 9.17) is 0 Å². The first-order valence-corrected chi connectivity index (χ1v) is 11.6. The summed E-state index contributed by atoms with van der Waals surface area (Å²) < 4.78 is 27.1. The summed E-state index contributed by atoms with van der Waals surface area (Å²) in [6.07, 6.45) is 5.86. The van der Waals surface area contributed by atoms with Crippen LogP contribution in [0, 0.1) is 10.1 Å². The molecule has 10 heteroatoms. The summed E-state index contributed by atoms with van der Waals surface area (Å²) in [7, 11) is -3.63. The number of aliphatic imine (C=N–C) groups is 1. The van der Waals surface area contributed by atoms with Gasteiger partial charge in [-0.1, -0.05) is 45.1 Å². The van der Waals surface area contributed by atoms with Gasteiger partial charge >= 0.3 is 0 Å². The molecule has 0 saturated heterocycles. The number of sulfonamides is 1. The van der Waals surface area contributed by atoms with Gasteiger partial charge in [-0.25, -0.2) is 8.42 Å². The molecule has 1 unspecified atom stereocenters. The Morgan fingerprint density at radius 3 is 2.61 bits per heavy atom. The average molecular weight is 453 g/mol. The van der Waals surface area contributed by atoms with Crippen molar-refractivity contribution < 1.29 is 18.1 Å². The normalized spacial score (nSPS) is 12.5. The highest BCUT2D eigenvalue weighted by molar-refractivity contribution is 7.90. The van der Waals surface area contributed by atoms with Crippen molar-refractivity contribution in [2.24, 2.45) is 4.99 Å². The van der Waals surface area contributed by atoms with E-state index in [-0.39, 0.29) is 36.6 Å². The van der Waals surface area contributed by atoms with Crippen molar-refractivity contribution in [3.63, 3.8) is 0 Å². The van der Waals surface area contributed by atoms with Crippen molar-refractivity contribution >= 4 is 27.5 Å². The minimum Gasteiger partial charge on any atom is -0.350 e. The van der Waals surface area contributed by atoms with Gasteiger partial charge in [-0.05, 0) is 19.4 Å². The summed E-state index contributed by atoms with van der Waals surface area (Å²) in [5, 5.41) is 12.7. The molecule has 1 rings (SSSR count). The molecular weight excluding hydrogens is 420 g/mol. The van der Waals surface area contributed by atoms with Gasteiger partial charge in [0.25, 0.3) is 11.6 Å². The molecule has 0 aromatic heterocycles. The van der Waals surface area contributed by atoms with Crippen LogP contribution in [0.1, 0.15) is 50.9 Å². The Hall–Kier alpha value is -3.01. The highest BCUT2D eigenvalue weighted by Crippen LogP contribution is 2.12. The fourth-order valence-corrected chi connectivity index (χ4v) is 3.17. The largest absolute Gasteiger partial charge is 0.350 e. The summed E-state index contributed by atoms with van der Waals surface area (Å²) in [6, 6.07) is 5.37. The van der Waals surface area contributed by atoms with Crippen LogP contribution in [0.5, 0.6) is 0 Å². The van der Waals surface area contributed by atoms with E-state index in [1.54, 1.807) is 19.1 Å². The highest BCUT2D eigenvalue weighted by Gasteiger charge is 2.19. The van der Waals surface area contributed by atoms with Crippen molar-refractivity contribution in [1.29, 1.82) is 0 Å². The fraction of sp³-hybridized carbons (Fsp3) is 0.429. The maximum Gasteiger partial charge on any atom is 0.270 e. The van der Waals surface area contributed by atoms with E-state index in [0.29, 0.717) is 0 Å². The zero-order valence-corrected chi connectivity index (χ0v) is 19.3. The Kier molecular flexibility index (Phi) is 13.4. The van der Waals surface area contributed by atoms with E-state index in [1.165, 1.54) is 30.3 Å². The molecule has 0 aliphatic carbocycles. The zero-order chi connectivity index (χ0) is 23.9. The van der Waals surface area contributed by atoms with Gasteiger partial charge in [0.05, 0.1) is 16.7 Å². The second kappa shape index (κ2) is 14.9. The lowest BCUT2D eigenvalue weighted by Gasteiger charge is -2.13. The number of non-ortho nitro benzene ring substituents is 1. The molecule has 172 valence electrons. The number of carbonyl (C=O) groups excluding carboxylic acids is 1. The van der Waals surface area contributed by atoms with Crippen LogP contribution < -0.4 is 10.0 Å². The topological polar surface area (TPSA) is 131 Å². The predicted octanol–water partition coefficient (Wildman–Crippen LogP) is 3.60. The van der Waals surface area contributed by atoms with Crippen LogP contribution in [-0.4, -0.2) is 43.4 Å². The van der Waals surface area contributed by atoms with Crippen LogP contribution in [0.2, 0.25) is 0 Å². The van der Waals surface area contributed by atoms with Gasteiger partial charge in [-0.15, -0.1) is 6.58 Å². The fourth-order valence-electron chi connectivity index (χ4n) is 2.19. The first-order valence-electron chi connectivity index (χ1n) is 10.1. The van der Waals surface area contributed by atoms with Crippen molar-refractivity contribution in [2.75, 3.05) is 13.1 Å². The molecule has 2 N–H and O–H groups in total. The van der Waals surface area contributed by atoms with Crippen molar-refractivity contribution in [3.8, 4) is 0 Å². The molecule has 0 fully saturated rings. The number of rotatable bonds is 11. The van der Waals surface area contributed by atoms with Gasteiger partial charge in [-0.2, -0.15) is 0 Å². The van der Waals surface area contributed by atoms with E-state index in [2.05, 4.69) is 21.6 Å². The molecule has 0 radical (unpaired) electrons. The smallest absolute Gasteiger partial charge is 0.270 e. The summed E-state index contributed by atoms with van der Waals surface area (Å²) in [6.45, 7) is 11.3. The highest BCUT2D eigenvalue weighted by atomic mass is 32.2. The number of carbonyl (C=O) groups is 1. The number of nitro groups is 1. The van der Waals surface area contributed by atoms with Crippen LogP contribution >= 0.6 is 0 Å². The first-order chi connectivity index (χ1) is 14.7. The number of benzene rings is 1. The predicted molar refractivity (Wildman–Crippen MR) is 125 cm³/mol. The van der Waals surface area contributed by atoms with Gasteiger partial charge in [-0.3, -0.25) is 24.6 Å². The van der Waals surface area contributed by atoms with Gasteiger partial charge in [0.2, 0.25) is 10.0 Å². The van der Waals surface area contributed by atoms with E-state index >= 15 is 0 Å². The lowest BCUT2D eigenvalue weighted by atomic mass is 10.2. The van der Waals surface area contributed by atoms with Crippen LogP contribution in [-0.2, 0) is 10.0 Å². The van der Waals surface area contributed by atoms with Gasteiger partial charge in [0.15, 0.2) is 0 Å². The standard InChI is InChI=1S/C19H26N4O5S.C2H6/c1-4-6-9-15(3)29(27,28)22-18(8-5-2)20-12-13-21-19(24)16-10-7-11-17(14-16)23(25)26;1-2/h5-7,9-11,14-15H,2,4,8,12-13H2,1,3H3,(H,20,22)(H,21,24);1-2H3/b9-6-;. The molecule has 1 aromatic carbocycles. The number of allylic oxidation sites excluding steroid dienone is 1. The summed E-state index contributed by atoms with van der Waals surface area (Å²) >= 11 is 0. The van der Waals surface area contributed by atoms with Gasteiger partial charge in [0, 0.05) is 30.7 Å². The minimum atomic E-state index is -3.63. The number of amidine groups is 1. The van der Waals surface area contributed by atoms with Gasteiger partial charge in [0.1, 0.15) is 5.84 Å². The third kappa shape index (κ3) is 10.5. The monoisotopic (exact) mass is 452 g/mol. The molecule has 0 aliphatic rings. The molecule has 1 amide bonds. The van der Waals surface area contributed by atoms with Crippen LogP contribution in [0.3, 0.4) is 0 Å². The molecule has 1 atom stereocenters. The number of amides is 1. The maximum absolute atomic E-state index is 12.3. The van der Waals surface area contributed by atoms with Crippen molar-refractivity contribution in [3.05, 3.63) is 64.8 Å². The Bertz CT molecular complexity index is 895. The minimum absolute atomic E-state index is 0.130. The number of nitrogens with one attached hydrogen (secondary N) is 2.